The van der Waals surface area contributed by atoms with Gasteiger partial charge in [0.15, 0.2) is 0 Å². The average Bonchev–Trinajstić information content (AvgIpc) is 2.61. The largest absolute Gasteiger partial charge is 0.389 e. The molecule has 19 heavy (non-hydrogen) atoms. The van der Waals surface area contributed by atoms with E-state index in [0.717, 1.165) is 16.6 Å². The highest BCUT2D eigenvalue weighted by Crippen LogP contribution is 2.16. The number of hydrogen-bond donors (Lipinski definition) is 1. The zero-order valence-electron chi connectivity index (χ0n) is 10.5. The molecule has 0 saturated heterocycles. The molecule has 6 heteroatoms. The van der Waals surface area contributed by atoms with Crippen molar-refractivity contribution in [3.63, 3.8) is 0 Å². The van der Waals surface area contributed by atoms with Crippen molar-refractivity contribution < 1.29 is 0 Å². The van der Waals surface area contributed by atoms with E-state index < -0.39 is 0 Å². The second kappa shape index (κ2) is 4.71. The molecule has 0 aliphatic carbocycles. The molecule has 0 atom stereocenters. The van der Waals surface area contributed by atoms with Crippen molar-refractivity contribution in [2.75, 3.05) is 0 Å². The minimum Gasteiger partial charge on any atom is -0.389 e. The van der Waals surface area contributed by atoms with Gasteiger partial charge in [-0.25, -0.2) is 4.79 Å². The highest BCUT2D eigenvalue weighted by Gasteiger charge is 2.08. The summed E-state index contributed by atoms with van der Waals surface area (Å²) < 4.78 is 3.13. The molecule has 1 aromatic heterocycles. The van der Waals surface area contributed by atoms with Crippen LogP contribution in [0.3, 0.4) is 0 Å². The molecular weight excluding hydrogens is 260 g/mol. The summed E-state index contributed by atoms with van der Waals surface area (Å²) in [5.41, 5.74) is 8.00. The quantitative estimate of drug-likeness (QED) is 0.504. The van der Waals surface area contributed by atoms with Gasteiger partial charge in [0.2, 0.25) is 0 Å². The maximum absolute atomic E-state index is 11.8. The zero-order chi connectivity index (χ0) is 14.2. The van der Waals surface area contributed by atoms with Crippen LogP contribution in [0, 0.1) is 11.3 Å². The Morgan fingerprint density at radius 2 is 2.00 bits per heavy atom. The van der Waals surface area contributed by atoms with Gasteiger partial charge in [-0.3, -0.25) is 9.13 Å². The Kier molecular flexibility index (Phi) is 3.23. The lowest BCUT2D eigenvalue weighted by Gasteiger charge is -1.99. The first-order valence-electron chi connectivity index (χ1n) is 5.52. The fraction of sp³-hybridized carbons (Fsp3) is 0.154. The maximum Gasteiger partial charge on any atom is 0.328 e. The first-order chi connectivity index (χ1) is 8.95. The SMILES string of the molecule is Cn1c(=O)n(C)c2cc(/C=C(\C#N)C(N)=S)ccc21. The first kappa shape index (κ1) is 13.1. The van der Waals surface area contributed by atoms with E-state index >= 15 is 0 Å². The van der Waals surface area contributed by atoms with Crippen LogP contribution in [0.1, 0.15) is 5.56 Å². The molecular formula is C13H12N4OS. The fourth-order valence-electron chi connectivity index (χ4n) is 1.94. The van der Waals surface area contributed by atoms with E-state index in [2.05, 4.69) is 0 Å². The van der Waals surface area contributed by atoms with Crippen molar-refractivity contribution in [3.8, 4) is 6.07 Å². The molecule has 2 rings (SSSR count). The monoisotopic (exact) mass is 272 g/mol. The summed E-state index contributed by atoms with van der Waals surface area (Å²) in [6.07, 6.45) is 1.61. The van der Waals surface area contributed by atoms with Crippen LogP contribution >= 0.6 is 12.2 Å². The summed E-state index contributed by atoms with van der Waals surface area (Å²) in [6.45, 7) is 0. The number of rotatable bonds is 2. The molecule has 5 nitrogen and oxygen atoms in total. The van der Waals surface area contributed by atoms with Crippen molar-refractivity contribution in [3.05, 3.63) is 39.8 Å². The maximum atomic E-state index is 11.8. The smallest absolute Gasteiger partial charge is 0.328 e. The number of aryl methyl sites for hydroxylation is 2. The van der Waals surface area contributed by atoms with Gasteiger partial charge < -0.3 is 5.73 Å². The minimum atomic E-state index is -0.0917. The van der Waals surface area contributed by atoms with Crippen molar-refractivity contribution in [1.29, 1.82) is 5.26 Å². The van der Waals surface area contributed by atoms with Crippen LogP contribution in [0.25, 0.3) is 17.1 Å². The molecule has 0 aliphatic rings. The van der Waals surface area contributed by atoms with E-state index in [1.54, 1.807) is 29.3 Å². The molecule has 0 radical (unpaired) electrons. The normalized spacial score (nSPS) is 11.5. The lowest BCUT2D eigenvalue weighted by Crippen LogP contribution is -2.19. The second-order valence-electron chi connectivity index (χ2n) is 4.18. The van der Waals surface area contributed by atoms with E-state index in [1.807, 2.05) is 24.3 Å². The van der Waals surface area contributed by atoms with Crippen molar-refractivity contribution in [2.45, 2.75) is 0 Å². The Hall–Kier alpha value is -2.39. The molecule has 0 amide bonds. The molecule has 2 N–H and O–H groups in total. The molecule has 1 aromatic carbocycles. The highest BCUT2D eigenvalue weighted by molar-refractivity contribution is 7.80. The van der Waals surface area contributed by atoms with Crippen molar-refractivity contribution >= 4 is 34.3 Å². The lowest BCUT2D eigenvalue weighted by molar-refractivity contribution is 0.795. The summed E-state index contributed by atoms with van der Waals surface area (Å²) in [7, 11) is 3.42. The number of imidazole rings is 1. The predicted octanol–water partition coefficient (Wildman–Crippen LogP) is 1.07. The van der Waals surface area contributed by atoms with Gasteiger partial charge in [-0.1, -0.05) is 18.3 Å². The summed E-state index contributed by atoms with van der Waals surface area (Å²) in [5.74, 6) is 0. The van der Waals surface area contributed by atoms with Gasteiger partial charge >= 0.3 is 5.69 Å². The summed E-state index contributed by atoms with van der Waals surface area (Å²) in [4.78, 5) is 11.9. The highest BCUT2D eigenvalue weighted by atomic mass is 32.1. The van der Waals surface area contributed by atoms with Crippen LogP contribution < -0.4 is 11.4 Å². The Labute approximate surface area is 115 Å². The minimum absolute atomic E-state index is 0.0598. The predicted molar refractivity (Wildman–Crippen MR) is 78.5 cm³/mol. The van der Waals surface area contributed by atoms with Crippen molar-refractivity contribution in [2.24, 2.45) is 19.8 Å². The Balaban J connectivity index is 2.67. The van der Waals surface area contributed by atoms with Crippen LogP contribution in [-0.4, -0.2) is 14.1 Å². The number of hydrogen-bond acceptors (Lipinski definition) is 3. The number of nitrogens with zero attached hydrogens (tertiary/aromatic N) is 3. The molecule has 1 heterocycles. The van der Waals surface area contributed by atoms with E-state index in [0.29, 0.717) is 0 Å². The molecule has 0 saturated carbocycles. The van der Waals surface area contributed by atoms with Crippen molar-refractivity contribution in [1.82, 2.24) is 9.13 Å². The number of fused-ring (bicyclic) bond motifs is 1. The number of thiocarbonyl (C=S) groups is 1. The van der Waals surface area contributed by atoms with E-state index in [1.165, 1.54) is 0 Å². The first-order valence-corrected chi connectivity index (χ1v) is 5.93. The molecule has 2 aromatic rings. The lowest BCUT2D eigenvalue weighted by atomic mass is 10.1. The third kappa shape index (κ3) is 2.16. The van der Waals surface area contributed by atoms with Crippen LogP contribution in [0.5, 0.6) is 0 Å². The number of benzene rings is 1. The molecule has 0 bridgehead atoms. The summed E-state index contributed by atoms with van der Waals surface area (Å²) in [6, 6.07) is 7.42. The Bertz CT molecular complexity index is 804. The Morgan fingerprint density at radius 1 is 1.37 bits per heavy atom. The number of aromatic nitrogens is 2. The fourth-order valence-corrected chi connectivity index (χ4v) is 2.04. The average molecular weight is 272 g/mol. The summed E-state index contributed by atoms with van der Waals surface area (Å²) >= 11 is 4.79. The third-order valence-electron chi connectivity index (χ3n) is 2.99. The second-order valence-corrected chi connectivity index (χ2v) is 4.62. The molecule has 0 unspecified atom stereocenters. The van der Waals surface area contributed by atoms with Crippen LogP contribution in [0.4, 0.5) is 0 Å². The van der Waals surface area contributed by atoms with Gasteiger partial charge in [0.05, 0.1) is 16.6 Å². The number of nitriles is 1. The van der Waals surface area contributed by atoms with E-state index in [4.69, 9.17) is 23.2 Å². The van der Waals surface area contributed by atoms with E-state index in [9.17, 15) is 4.79 Å². The molecule has 0 fully saturated rings. The van der Waals surface area contributed by atoms with Gasteiger partial charge in [0, 0.05) is 14.1 Å². The standard InChI is InChI=1S/C13H12N4OS/c1-16-10-4-3-8(5-9(7-14)12(15)19)6-11(10)17(2)13(16)18/h3-6H,1-2H3,(H2,15,19)/b9-5+. The van der Waals surface area contributed by atoms with Gasteiger partial charge in [0.1, 0.15) is 11.1 Å². The molecule has 0 aliphatic heterocycles. The van der Waals surface area contributed by atoms with Gasteiger partial charge in [-0.2, -0.15) is 5.26 Å². The third-order valence-corrected chi connectivity index (χ3v) is 3.21. The van der Waals surface area contributed by atoms with Crippen LogP contribution in [0.15, 0.2) is 28.6 Å². The summed E-state index contributed by atoms with van der Waals surface area (Å²) in [5, 5.41) is 8.93. The van der Waals surface area contributed by atoms with Crippen LogP contribution in [-0.2, 0) is 14.1 Å². The van der Waals surface area contributed by atoms with Gasteiger partial charge in [-0.05, 0) is 23.8 Å². The Morgan fingerprint density at radius 3 is 2.58 bits per heavy atom. The molecule has 96 valence electrons. The topological polar surface area (TPSA) is 76.7 Å². The molecule has 0 spiro atoms. The number of nitrogens with two attached hydrogens (primary N) is 1. The zero-order valence-corrected chi connectivity index (χ0v) is 11.4. The van der Waals surface area contributed by atoms with Gasteiger partial charge in [-0.15, -0.1) is 0 Å². The van der Waals surface area contributed by atoms with E-state index in [-0.39, 0.29) is 16.3 Å². The van der Waals surface area contributed by atoms with Crippen LogP contribution in [0.2, 0.25) is 0 Å². The van der Waals surface area contributed by atoms with Gasteiger partial charge in [0.25, 0.3) is 0 Å².